The van der Waals surface area contributed by atoms with Crippen LogP contribution in [0.15, 0.2) is 65.1 Å². The zero-order valence-corrected chi connectivity index (χ0v) is 26.9. The second-order valence-corrected chi connectivity index (χ2v) is 13.2. The zero-order chi connectivity index (χ0) is 31.6. The molecule has 2 bridgehead atoms. The molecule has 0 N–H and O–H groups in total. The van der Waals surface area contributed by atoms with Crippen molar-refractivity contribution in [1.29, 1.82) is 0 Å². The maximum Gasteiger partial charge on any atom is 0.339 e. The Hall–Kier alpha value is -4.08. The van der Waals surface area contributed by atoms with E-state index in [1.165, 1.54) is 12.0 Å². The van der Waals surface area contributed by atoms with Gasteiger partial charge in [-0.15, -0.1) is 0 Å². The van der Waals surface area contributed by atoms with Crippen molar-refractivity contribution in [1.82, 2.24) is 4.98 Å². The fourth-order valence-corrected chi connectivity index (χ4v) is 7.98. The minimum Gasteiger partial charge on any atom is -0.497 e. The summed E-state index contributed by atoms with van der Waals surface area (Å²) in [5.74, 6) is -0.531. The number of fused-ring (bicyclic) bond motifs is 6. The number of carbonyl (C=O) groups is 4. The molecule has 2 saturated carbocycles. The van der Waals surface area contributed by atoms with Gasteiger partial charge in [0.15, 0.2) is 12.4 Å². The van der Waals surface area contributed by atoms with E-state index < -0.39 is 12.6 Å². The molecule has 2 heterocycles. The van der Waals surface area contributed by atoms with Gasteiger partial charge in [-0.2, -0.15) is 0 Å². The number of ketones is 1. The highest BCUT2D eigenvalue weighted by molar-refractivity contribution is 9.10. The van der Waals surface area contributed by atoms with E-state index in [0.29, 0.717) is 66.1 Å². The standard InChI is InChI=1S/C35H28BrClN2O6/c1-17-31(37)26(36)14-24-25(35(43)45-16-28(40)19-4-3-5-23(13-19)44-2)15-27(38-32(17)24)18-8-10-22(11-9-18)39-33(41)29-20-6-7-21(12-20)30(29)34(39)42/h3-5,8-11,13-15,20-21,29-30H,6-7,12,16H2,1-2H3. The molecule has 4 aromatic rings. The number of hydrogen-bond acceptors (Lipinski definition) is 7. The van der Waals surface area contributed by atoms with Crippen LogP contribution in [0.25, 0.3) is 22.2 Å². The lowest BCUT2D eigenvalue weighted by molar-refractivity contribution is -0.123. The van der Waals surface area contributed by atoms with Gasteiger partial charge in [-0.3, -0.25) is 19.3 Å². The highest BCUT2D eigenvalue weighted by Gasteiger charge is 2.61. The van der Waals surface area contributed by atoms with Gasteiger partial charge >= 0.3 is 5.97 Å². The molecule has 4 atom stereocenters. The molecule has 10 heteroatoms. The molecule has 1 aromatic heterocycles. The van der Waals surface area contributed by atoms with Crippen LogP contribution in [0.3, 0.4) is 0 Å². The molecule has 45 heavy (non-hydrogen) atoms. The number of aryl methyl sites for hydroxylation is 1. The number of anilines is 1. The first-order valence-corrected chi connectivity index (χ1v) is 15.9. The molecule has 0 radical (unpaired) electrons. The SMILES string of the molecule is COc1cccc(C(=O)COC(=O)c2cc(-c3ccc(N4C(=O)C5C6CCC(C6)C5C4=O)cc3)nc3c(C)c(Cl)c(Br)cc23)c1. The molecule has 228 valence electrons. The van der Waals surface area contributed by atoms with Crippen molar-refractivity contribution in [2.24, 2.45) is 23.7 Å². The van der Waals surface area contributed by atoms with Gasteiger partial charge < -0.3 is 9.47 Å². The summed E-state index contributed by atoms with van der Waals surface area (Å²) in [7, 11) is 1.51. The number of hydrogen-bond donors (Lipinski definition) is 0. The van der Waals surface area contributed by atoms with Crippen LogP contribution in [0, 0.1) is 30.6 Å². The Morgan fingerprint density at radius 3 is 2.36 bits per heavy atom. The topological polar surface area (TPSA) is 103 Å². The predicted octanol–water partition coefficient (Wildman–Crippen LogP) is 7.21. The van der Waals surface area contributed by atoms with Crippen LogP contribution in [0.4, 0.5) is 5.69 Å². The molecular weight excluding hydrogens is 660 g/mol. The van der Waals surface area contributed by atoms with Gasteiger partial charge in [0.25, 0.3) is 0 Å². The average Bonchev–Trinajstić information content (AvgIpc) is 3.75. The summed E-state index contributed by atoms with van der Waals surface area (Å²) in [6.45, 7) is 1.35. The third-order valence-electron chi connectivity index (χ3n) is 9.52. The fourth-order valence-electron chi connectivity index (χ4n) is 7.31. The molecule has 4 unspecified atom stereocenters. The third-order valence-corrected chi connectivity index (χ3v) is 10.9. The summed E-state index contributed by atoms with van der Waals surface area (Å²) in [5, 5.41) is 0.970. The number of aromatic nitrogens is 1. The first kappa shape index (κ1) is 29.6. The number of ether oxygens (including phenoxy) is 2. The van der Waals surface area contributed by atoms with E-state index in [1.807, 2.05) is 6.92 Å². The number of carbonyl (C=O) groups excluding carboxylic acids is 4. The largest absolute Gasteiger partial charge is 0.497 e. The minimum absolute atomic E-state index is 0.0989. The minimum atomic E-state index is -0.695. The summed E-state index contributed by atoms with van der Waals surface area (Å²) in [6, 6.07) is 17.0. The van der Waals surface area contributed by atoms with Crippen LogP contribution in [0.5, 0.6) is 5.75 Å². The van der Waals surface area contributed by atoms with Gasteiger partial charge in [0.1, 0.15) is 5.75 Å². The Morgan fingerprint density at radius 2 is 1.69 bits per heavy atom. The molecule has 2 amide bonds. The van der Waals surface area contributed by atoms with Crippen molar-refractivity contribution in [2.45, 2.75) is 26.2 Å². The molecule has 7 rings (SSSR count). The molecule has 1 aliphatic heterocycles. The van der Waals surface area contributed by atoms with Gasteiger partial charge in [-0.05, 0) is 95.9 Å². The molecular formula is C35H28BrClN2O6. The molecule has 3 fully saturated rings. The molecule has 3 aromatic carbocycles. The van der Waals surface area contributed by atoms with E-state index in [4.69, 9.17) is 26.1 Å². The lowest BCUT2D eigenvalue weighted by atomic mass is 9.81. The van der Waals surface area contributed by atoms with Crippen molar-refractivity contribution < 1.29 is 28.7 Å². The third kappa shape index (κ3) is 4.93. The van der Waals surface area contributed by atoms with Gasteiger partial charge in [-0.1, -0.05) is 35.9 Å². The van der Waals surface area contributed by atoms with E-state index in [-0.39, 0.29) is 35.0 Å². The predicted molar refractivity (Wildman–Crippen MR) is 173 cm³/mol. The second-order valence-electron chi connectivity index (χ2n) is 11.9. The molecule has 2 aliphatic carbocycles. The lowest BCUT2D eigenvalue weighted by Gasteiger charge is -2.19. The first-order valence-electron chi connectivity index (χ1n) is 14.8. The Kier molecular flexibility index (Phi) is 7.49. The number of amides is 2. The highest BCUT2D eigenvalue weighted by Crippen LogP contribution is 2.56. The van der Waals surface area contributed by atoms with Crippen LogP contribution in [-0.4, -0.2) is 42.3 Å². The van der Waals surface area contributed by atoms with E-state index >= 15 is 0 Å². The van der Waals surface area contributed by atoms with Gasteiger partial charge in [0, 0.05) is 21.0 Å². The Balaban J connectivity index is 1.20. The van der Waals surface area contributed by atoms with Crippen molar-refractivity contribution in [3.05, 3.63) is 86.8 Å². The van der Waals surface area contributed by atoms with E-state index in [9.17, 15) is 19.2 Å². The number of nitrogens with zero attached hydrogens (tertiary/aromatic N) is 2. The Morgan fingerprint density at radius 1 is 1.00 bits per heavy atom. The van der Waals surface area contributed by atoms with Crippen LogP contribution < -0.4 is 9.64 Å². The van der Waals surface area contributed by atoms with Crippen LogP contribution in [0.1, 0.15) is 45.5 Å². The second kappa shape index (κ2) is 11.4. The monoisotopic (exact) mass is 686 g/mol. The quantitative estimate of drug-likeness (QED) is 0.115. The Labute approximate surface area is 272 Å². The average molecular weight is 688 g/mol. The van der Waals surface area contributed by atoms with Crippen LogP contribution >= 0.6 is 27.5 Å². The maximum absolute atomic E-state index is 13.5. The van der Waals surface area contributed by atoms with Crippen molar-refractivity contribution in [3.63, 3.8) is 0 Å². The van der Waals surface area contributed by atoms with Gasteiger partial charge in [0.2, 0.25) is 11.8 Å². The van der Waals surface area contributed by atoms with Gasteiger partial charge in [-0.25, -0.2) is 9.78 Å². The summed E-state index contributed by atoms with van der Waals surface area (Å²) in [6.07, 6.45) is 3.02. The summed E-state index contributed by atoms with van der Waals surface area (Å²) < 4.78 is 11.3. The number of Topliss-reactive ketones (excluding diaryl/α,β-unsaturated/α-hetero) is 1. The molecule has 8 nitrogen and oxygen atoms in total. The smallest absolute Gasteiger partial charge is 0.339 e. The number of halogens is 2. The summed E-state index contributed by atoms with van der Waals surface area (Å²) in [4.78, 5) is 59.2. The highest BCUT2D eigenvalue weighted by atomic mass is 79.9. The van der Waals surface area contributed by atoms with Crippen molar-refractivity contribution >= 4 is 67.7 Å². The summed E-state index contributed by atoms with van der Waals surface area (Å²) in [5.41, 5.74) is 3.41. The first-order chi connectivity index (χ1) is 21.7. The zero-order valence-electron chi connectivity index (χ0n) is 24.5. The lowest BCUT2D eigenvalue weighted by Crippen LogP contribution is -2.32. The van der Waals surface area contributed by atoms with Gasteiger partial charge in [0.05, 0.1) is 46.4 Å². The fraction of sp³-hybridized carbons (Fsp3) is 0.286. The molecule has 1 saturated heterocycles. The molecule has 3 aliphatic rings. The normalized spacial score (nSPS) is 21.8. The number of imide groups is 1. The van der Waals surface area contributed by atoms with Crippen LogP contribution in [0.2, 0.25) is 5.02 Å². The number of benzene rings is 3. The van der Waals surface area contributed by atoms with E-state index in [2.05, 4.69) is 15.9 Å². The number of pyridine rings is 1. The Bertz CT molecular complexity index is 1900. The number of rotatable bonds is 7. The van der Waals surface area contributed by atoms with E-state index in [0.717, 1.165) is 19.3 Å². The van der Waals surface area contributed by atoms with Crippen LogP contribution in [-0.2, 0) is 14.3 Å². The van der Waals surface area contributed by atoms with Crippen molar-refractivity contribution in [3.8, 4) is 17.0 Å². The van der Waals surface area contributed by atoms with Crippen molar-refractivity contribution in [2.75, 3.05) is 18.6 Å². The maximum atomic E-state index is 13.5. The number of esters is 1. The molecule has 0 spiro atoms. The number of methoxy groups -OCH3 is 1. The summed E-state index contributed by atoms with van der Waals surface area (Å²) >= 11 is 10.0. The van der Waals surface area contributed by atoms with E-state index in [1.54, 1.807) is 60.7 Å².